The number of hydrogen-bond acceptors (Lipinski definition) is 18. The first-order chi connectivity index (χ1) is 27.0. The molecule has 3 heterocycles. The number of rotatable bonds is 14. The minimum atomic E-state index is -2.77. The Morgan fingerprint density at radius 3 is 2.32 bits per heavy atom. The van der Waals surface area contributed by atoms with Gasteiger partial charge in [0, 0.05) is 26.0 Å². The van der Waals surface area contributed by atoms with Crippen molar-refractivity contribution in [1.29, 1.82) is 0 Å². The van der Waals surface area contributed by atoms with Gasteiger partial charge in [0.05, 0.1) is 48.5 Å². The summed E-state index contributed by atoms with van der Waals surface area (Å²) in [6, 6.07) is 4.79. The maximum absolute atomic E-state index is 13.5. The van der Waals surface area contributed by atoms with Gasteiger partial charge in [-0.05, 0) is 37.8 Å². The molecule has 2 amide bonds. The number of carbonyl (C=O) groups is 5. The number of amides is 2. The minimum Gasteiger partial charge on any atom is -0.493 e. The van der Waals surface area contributed by atoms with Gasteiger partial charge in [-0.15, -0.1) is 0 Å². The topological polar surface area (TPSA) is 343 Å². The van der Waals surface area contributed by atoms with Gasteiger partial charge in [-0.2, -0.15) is 9.97 Å². The maximum Gasteiger partial charge on any atom is 0.364 e. The zero-order chi connectivity index (χ0) is 41.6. The Kier molecular flexibility index (Phi) is 13.9. The zero-order valence-corrected chi connectivity index (χ0v) is 30.3. The van der Waals surface area contributed by atoms with E-state index in [4.69, 9.17) is 23.7 Å². The summed E-state index contributed by atoms with van der Waals surface area (Å²) in [5.74, 6) is -10.5. The molecule has 10 N–H and O–H groups in total. The van der Waals surface area contributed by atoms with Crippen molar-refractivity contribution in [1.82, 2.24) is 20.6 Å². The van der Waals surface area contributed by atoms with Gasteiger partial charge in [0.1, 0.15) is 24.0 Å². The van der Waals surface area contributed by atoms with Crippen molar-refractivity contribution >= 4 is 29.7 Å². The second-order valence-corrected chi connectivity index (χ2v) is 13.8. The second-order valence-electron chi connectivity index (χ2n) is 13.8. The monoisotopic (exact) mass is 808 g/mol. The highest BCUT2D eigenvalue weighted by Crippen LogP contribution is 2.38. The number of ether oxygens (including phenoxy) is 5. The lowest BCUT2D eigenvalue weighted by Crippen LogP contribution is -2.67. The van der Waals surface area contributed by atoms with Gasteiger partial charge < -0.3 is 75.2 Å². The number of aliphatic carboxylic acids is 2. The SMILES string of the molecule is CC(=O)NC1C(O)CC(OC2C(O)COC(OC3CC(C(=O)O)CC(NC(=O)c4cc(O)nc(O)n4)C3O)C2OC(=O)c2ccccc2)(C(=O)O)OC1CCCO. The Hall–Kier alpha value is -5.07. The highest BCUT2D eigenvalue weighted by atomic mass is 16.8. The van der Waals surface area contributed by atoms with E-state index in [2.05, 4.69) is 20.6 Å². The molecule has 3 aliphatic rings. The Morgan fingerprint density at radius 1 is 0.965 bits per heavy atom. The van der Waals surface area contributed by atoms with E-state index in [1.165, 1.54) is 31.2 Å². The normalized spacial score (nSPS) is 32.8. The average molecular weight is 809 g/mol. The summed E-state index contributed by atoms with van der Waals surface area (Å²) < 4.78 is 29.5. The van der Waals surface area contributed by atoms with Gasteiger partial charge in [-0.1, -0.05) is 18.2 Å². The number of nitrogens with zero attached hydrogens (tertiary/aromatic N) is 2. The van der Waals surface area contributed by atoms with Crippen LogP contribution in [0.3, 0.4) is 0 Å². The molecule has 5 rings (SSSR count). The number of carbonyl (C=O) groups excluding carboxylic acids is 3. The number of aromatic nitrogens is 2. The zero-order valence-electron chi connectivity index (χ0n) is 30.3. The Bertz CT molecular complexity index is 1750. The van der Waals surface area contributed by atoms with E-state index >= 15 is 0 Å². The van der Waals surface area contributed by atoms with Gasteiger partial charge in [0.2, 0.25) is 11.8 Å². The molecule has 1 aromatic carbocycles. The molecule has 22 nitrogen and oxygen atoms in total. The summed E-state index contributed by atoms with van der Waals surface area (Å²) in [5.41, 5.74) is -0.535. The van der Waals surface area contributed by atoms with Crippen LogP contribution in [0.15, 0.2) is 36.4 Å². The largest absolute Gasteiger partial charge is 0.493 e. The first-order valence-corrected chi connectivity index (χ1v) is 17.9. The van der Waals surface area contributed by atoms with Gasteiger partial charge in [-0.25, -0.2) is 9.59 Å². The van der Waals surface area contributed by atoms with Crippen LogP contribution in [0.25, 0.3) is 0 Å². The van der Waals surface area contributed by atoms with E-state index < -0.39 is 140 Å². The van der Waals surface area contributed by atoms with Crippen LogP contribution in [0.1, 0.15) is 59.9 Å². The van der Waals surface area contributed by atoms with Crippen molar-refractivity contribution in [2.75, 3.05) is 13.2 Å². The Labute approximate surface area is 323 Å². The summed E-state index contributed by atoms with van der Waals surface area (Å²) in [6.07, 6.45) is -15.0. The van der Waals surface area contributed by atoms with Crippen LogP contribution in [-0.4, -0.2) is 161 Å². The third-order valence-electron chi connectivity index (χ3n) is 9.72. The molecule has 1 aromatic heterocycles. The fraction of sp³-hybridized carbons (Fsp3) is 0.571. The van der Waals surface area contributed by atoms with Crippen molar-refractivity contribution in [2.45, 2.75) is 106 Å². The number of benzene rings is 1. The molecule has 1 saturated carbocycles. The number of esters is 1. The van der Waals surface area contributed by atoms with Crippen LogP contribution in [0.2, 0.25) is 0 Å². The molecule has 12 atom stereocenters. The number of aromatic hydroxyl groups is 2. The maximum atomic E-state index is 13.5. The number of aliphatic hydroxyl groups excluding tert-OH is 4. The molecule has 1 aliphatic carbocycles. The first kappa shape index (κ1) is 43.1. The second kappa shape index (κ2) is 18.5. The number of hydrogen-bond donors (Lipinski definition) is 10. The molecule has 57 heavy (non-hydrogen) atoms. The summed E-state index contributed by atoms with van der Waals surface area (Å²) in [5, 5.41) is 88.1. The molecule has 0 spiro atoms. The van der Waals surface area contributed by atoms with Crippen LogP contribution in [0.4, 0.5) is 0 Å². The van der Waals surface area contributed by atoms with Crippen LogP contribution < -0.4 is 10.6 Å². The molecular weight excluding hydrogens is 764 g/mol. The van der Waals surface area contributed by atoms with Crippen LogP contribution in [0.5, 0.6) is 11.9 Å². The van der Waals surface area contributed by atoms with Gasteiger partial charge in [0.15, 0.2) is 12.4 Å². The van der Waals surface area contributed by atoms with Crippen molar-refractivity contribution in [2.24, 2.45) is 5.92 Å². The molecule has 0 radical (unpaired) electrons. The van der Waals surface area contributed by atoms with Gasteiger partial charge in [0.25, 0.3) is 11.7 Å². The molecular formula is C35H44N4O18. The van der Waals surface area contributed by atoms with Crippen molar-refractivity contribution < 1.29 is 88.5 Å². The van der Waals surface area contributed by atoms with E-state index in [1.54, 1.807) is 6.07 Å². The summed E-state index contributed by atoms with van der Waals surface area (Å²) in [7, 11) is 0. The fourth-order valence-corrected chi connectivity index (χ4v) is 7.02. The lowest BCUT2D eigenvalue weighted by molar-refractivity contribution is -0.357. The highest BCUT2D eigenvalue weighted by molar-refractivity contribution is 5.93. The summed E-state index contributed by atoms with van der Waals surface area (Å²) in [4.78, 5) is 70.5. The third kappa shape index (κ3) is 10.3. The van der Waals surface area contributed by atoms with Crippen molar-refractivity contribution in [3.05, 3.63) is 47.7 Å². The molecule has 22 heteroatoms. The van der Waals surface area contributed by atoms with Crippen LogP contribution in [-0.2, 0) is 38.1 Å². The smallest absolute Gasteiger partial charge is 0.364 e. The minimum absolute atomic E-state index is 0.0113. The summed E-state index contributed by atoms with van der Waals surface area (Å²) in [6.45, 7) is 0.150. The van der Waals surface area contributed by atoms with E-state index in [-0.39, 0.29) is 31.4 Å². The fourth-order valence-electron chi connectivity index (χ4n) is 7.02. The molecule has 3 fully saturated rings. The molecule has 312 valence electrons. The Balaban J connectivity index is 1.47. The van der Waals surface area contributed by atoms with E-state index in [9.17, 15) is 64.8 Å². The quantitative estimate of drug-likeness (QED) is 0.0902. The number of nitrogens with one attached hydrogen (secondary N) is 2. The summed E-state index contributed by atoms with van der Waals surface area (Å²) >= 11 is 0. The lowest BCUT2D eigenvalue weighted by atomic mass is 9.81. The predicted octanol–water partition coefficient (Wildman–Crippen LogP) is -2.24. The van der Waals surface area contributed by atoms with Crippen molar-refractivity contribution in [3.8, 4) is 11.9 Å². The van der Waals surface area contributed by atoms with Crippen LogP contribution in [0, 0.1) is 5.92 Å². The van der Waals surface area contributed by atoms with E-state index in [0.29, 0.717) is 0 Å². The van der Waals surface area contributed by atoms with Gasteiger partial charge >= 0.3 is 23.9 Å². The standard InChI is InChI=1S/C35H44N4O18/c1-15(41)36-25-20(42)13-35(33(50)51,56-22(25)8-5-9-40)57-27-21(43)14-53-32(28(27)55-31(49)16-6-3-2-4-7-16)54-23-11-17(30(47)48)10-18(26(23)45)37-29(46)19-12-24(44)39-34(52)38-19/h2-4,6-7,12,17-18,20-23,25-28,32,40,42-43,45H,5,8-11,13-14H2,1H3,(H,36,41)(H,37,46)(H,47,48)(H,50,51)(H2,38,39,44,52). The molecule has 2 saturated heterocycles. The average Bonchev–Trinajstić information content (AvgIpc) is 3.15. The Morgan fingerprint density at radius 2 is 1.68 bits per heavy atom. The predicted molar refractivity (Wildman–Crippen MR) is 184 cm³/mol. The van der Waals surface area contributed by atoms with E-state index in [0.717, 1.165) is 6.07 Å². The third-order valence-corrected chi connectivity index (χ3v) is 9.72. The highest BCUT2D eigenvalue weighted by Gasteiger charge is 2.58. The van der Waals surface area contributed by atoms with Crippen molar-refractivity contribution in [3.63, 3.8) is 0 Å². The molecule has 12 unspecified atom stereocenters. The molecule has 0 bridgehead atoms. The van der Waals surface area contributed by atoms with Gasteiger partial charge in [-0.3, -0.25) is 14.4 Å². The lowest BCUT2D eigenvalue weighted by Gasteiger charge is -2.49. The van der Waals surface area contributed by atoms with E-state index in [1.807, 2.05) is 0 Å². The molecule has 2 aromatic rings. The van der Waals surface area contributed by atoms with Crippen LogP contribution >= 0.6 is 0 Å². The number of carboxylic acid groups (broad SMARTS) is 2. The number of carboxylic acids is 2. The molecule has 2 aliphatic heterocycles. The number of aliphatic hydroxyl groups is 4. The first-order valence-electron chi connectivity index (χ1n) is 17.9.